The van der Waals surface area contributed by atoms with Crippen LogP contribution in [0.5, 0.6) is 0 Å². The maximum atomic E-state index is 10.5. The van der Waals surface area contributed by atoms with Gasteiger partial charge in [0.05, 0.1) is 26.4 Å². The molecule has 0 rings (SSSR count). The summed E-state index contributed by atoms with van der Waals surface area (Å²) in [7, 11) is 0. The molecule has 0 unspecified atom stereocenters. The number of carbonyl (C=O) groups is 1. The molecule has 0 aromatic carbocycles. The molecule has 0 fully saturated rings. The minimum absolute atomic E-state index is 0.0403. The predicted octanol–water partition coefficient (Wildman–Crippen LogP) is 2.06. The second-order valence-electron chi connectivity index (χ2n) is 4.52. The summed E-state index contributed by atoms with van der Waals surface area (Å²) in [5.41, 5.74) is 0. The highest BCUT2D eigenvalue weighted by Crippen LogP contribution is 2.02. The number of hydrogen-bond acceptors (Lipinski definition) is 4. The predicted molar refractivity (Wildman–Crippen MR) is 67.2 cm³/mol. The van der Waals surface area contributed by atoms with Crippen molar-refractivity contribution in [2.75, 3.05) is 39.6 Å². The highest BCUT2D eigenvalue weighted by molar-refractivity contribution is 5.76. The highest BCUT2D eigenvalue weighted by atomic mass is 16.5. The molecule has 4 nitrogen and oxygen atoms in total. The van der Waals surface area contributed by atoms with Crippen LogP contribution in [-0.4, -0.2) is 45.4 Å². The van der Waals surface area contributed by atoms with Gasteiger partial charge in [0.2, 0.25) is 0 Å². The molecule has 102 valence electrons. The maximum Gasteiger partial charge on any atom is 0.155 e. The summed E-state index contributed by atoms with van der Waals surface area (Å²) in [4.78, 5) is 10.5. The molecule has 0 saturated heterocycles. The molecule has 4 heteroatoms. The summed E-state index contributed by atoms with van der Waals surface area (Å²) in [6.07, 6.45) is 2.32. The number of ketones is 1. The van der Waals surface area contributed by atoms with E-state index in [0.717, 1.165) is 18.9 Å². The number of hydrogen-bond donors (Lipinski definition) is 0. The summed E-state index contributed by atoms with van der Waals surface area (Å²) >= 11 is 0. The van der Waals surface area contributed by atoms with E-state index in [1.54, 1.807) is 0 Å². The molecular weight excluding hydrogens is 220 g/mol. The van der Waals surface area contributed by atoms with Crippen molar-refractivity contribution in [3.63, 3.8) is 0 Å². The van der Waals surface area contributed by atoms with Gasteiger partial charge in [0.25, 0.3) is 0 Å². The lowest BCUT2D eigenvalue weighted by molar-refractivity contribution is -0.122. The first-order valence-corrected chi connectivity index (χ1v) is 6.35. The molecule has 0 aliphatic carbocycles. The van der Waals surface area contributed by atoms with Crippen molar-refractivity contribution >= 4 is 5.78 Å². The van der Waals surface area contributed by atoms with Crippen molar-refractivity contribution in [3.05, 3.63) is 0 Å². The quantitative estimate of drug-likeness (QED) is 0.494. The van der Waals surface area contributed by atoms with Crippen LogP contribution in [0, 0.1) is 5.92 Å². The number of Topliss-reactive ketones (excluding diaryl/α,β-unsaturated/α-hetero) is 1. The van der Waals surface area contributed by atoms with Crippen LogP contribution in [-0.2, 0) is 19.0 Å². The third-order valence-corrected chi connectivity index (χ3v) is 2.12. The van der Waals surface area contributed by atoms with E-state index in [2.05, 4.69) is 13.8 Å². The molecule has 0 spiro atoms. The van der Waals surface area contributed by atoms with Gasteiger partial charge in [0.15, 0.2) is 5.78 Å². The normalized spacial score (nSPS) is 11.1. The summed E-state index contributed by atoms with van der Waals surface area (Å²) in [6, 6.07) is 0. The van der Waals surface area contributed by atoms with E-state index in [0.29, 0.717) is 26.4 Å². The number of rotatable bonds is 12. The topological polar surface area (TPSA) is 44.8 Å². The van der Waals surface area contributed by atoms with E-state index in [-0.39, 0.29) is 12.4 Å². The average molecular weight is 246 g/mol. The first-order valence-electron chi connectivity index (χ1n) is 6.35. The average Bonchev–Trinajstić information content (AvgIpc) is 2.25. The monoisotopic (exact) mass is 246 g/mol. The fourth-order valence-electron chi connectivity index (χ4n) is 1.25. The molecule has 0 N–H and O–H groups in total. The fourth-order valence-corrected chi connectivity index (χ4v) is 1.25. The van der Waals surface area contributed by atoms with Crippen molar-refractivity contribution in [1.82, 2.24) is 0 Å². The Kier molecular flexibility index (Phi) is 11.7. The lowest BCUT2D eigenvalue weighted by Crippen LogP contribution is -2.12. The third kappa shape index (κ3) is 15.5. The van der Waals surface area contributed by atoms with Gasteiger partial charge in [-0.3, -0.25) is 4.79 Å². The summed E-state index contributed by atoms with van der Waals surface area (Å²) < 4.78 is 15.7. The van der Waals surface area contributed by atoms with Crippen LogP contribution in [0.25, 0.3) is 0 Å². The molecule has 0 aromatic rings. The van der Waals surface area contributed by atoms with Gasteiger partial charge in [-0.15, -0.1) is 0 Å². The third-order valence-electron chi connectivity index (χ3n) is 2.12. The van der Waals surface area contributed by atoms with Crippen LogP contribution in [0.2, 0.25) is 0 Å². The van der Waals surface area contributed by atoms with E-state index >= 15 is 0 Å². The van der Waals surface area contributed by atoms with Crippen LogP contribution >= 0.6 is 0 Å². The SMILES string of the molecule is CC(=O)COCCOCCOCCCC(C)C. The van der Waals surface area contributed by atoms with Gasteiger partial charge >= 0.3 is 0 Å². The molecule has 0 aliphatic rings. The first kappa shape index (κ1) is 16.6. The Hall–Kier alpha value is -0.450. The maximum absolute atomic E-state index is 10.5. The minimum atomic E-state index is 0.0403. The van der Waals surface area contributed by atoms with Crippen molar-refractivity contribution in [1.29, 1.82) is 0 Å². The number of ether oxygens (including phenoxy) is 3. The minimum Gasteiger partial charge on any atom is -0.379 e. The Morgan fingerprint density at radius 1 is 0.941 bits per heavy atom. The Balaban J connectivity index is 2.96. The lowest BCUT2D eigenvalue weighted by atomic mass is 10.1. The van der Waals surface area contributed by atoms with Crippen molar-refractivity contribution < 1.29 is 19.0 Å². The largest absolute Gasteiger partial charge is 0.379 e. The smallest absolute Gasteiger partial charge is 0.155 e. The molecule has 0 amide bonds. The van der Waals surface area contributed by atoms with Crippen LogP contribution in [0.3, 0.4) is 0 Å². The molecule has 17 heavy (non-hydrogen) atoms. The highest BCUT2D eigenvalue weighted by Gasteiger charge is 1.95. The fraction of sp³-hybridized carbons (Fsp3) is 0.923. The Bertz CT molecular complexity index is 180. The van der Waals surface area contributed by atoms with Crippen LogP contribution in [0.4, 0.5) is 0 Å². The van der Waals surface area contributed by atoms with E-state index < -0.39 is 0 Å². The molecule has 0 aliphatic heterocycles. The van der Waals surface area contributed by atoms with E-state index in [4.69, 9.17) is 14.2 Å². The van der Waals surface area contributed by atoms with Gasteiger partial charge in [0, 0.05) is 6.61 Å². The molecule has 0 saturated carbocycles. The lowest BCUT2D eigenvalue weighted by Gasteiger charge is -2.07. The van der Waals surface area contributed by atoms with Gasteiger partial charge in [-0.1, -0.05) is 13.8 Å². The first-order chi connectivity index (χ1) is 8.13. The Morgan fingerprint density at radius 2 is 1.47 bits per heavy atom. The second-order valence-corrected chi connectivity index (χ2v) is 4.52. The standard InChI is InChI=1S/C13H26O4/c1-12(2)5-4-6-15-7-8-16-9-10-17-11-13(3)14/h12H,4-11H2,1-3H3. The van der Waals surface area contributed by atoms with E-state index in [1.807, 2.05) is 0 Å². The summed E-state index contributed by atoms with van der Waals surface area (Å²) in [5, 5.41) is 0. The molecule has 0 heterocycles. The molecular formula is C13H26O4. The summed E-state index contributed by atoms with van der Waals surface area (Å²) in [6.45, 7) is 9.11. The van der Waals surface area contributed by atoms with Gasteiger partial charge in [0.1, 0.15) is 6.61 Å². The zero-order chi connectivity index (χ0) is 12.9. The molecule has 0 aromatic heterocycles. The van der Waals surface area contributed by atoms with Gasteiger partial charge in [-0.2, -0.15) is 0 Å². The Morgan fingerprint density at radius 3 is 2.00 bits per heavy atom. The van der Waals surface area contributed by atoms with E-state index in [9.17, 15) is 4.79 Å². The van der Waals surface area contributed by atoms with Crippen LogP contribution in [0.15, 0.2) is 0 Å². The molecule has 0 radical (unpaired) electrons. The van der Waals surface area contributed by atoms with Crippen LogP contribution in [0.1, 0.15) is 33.6 Å². The van der Waals surface area contributed by atoms with Crippen molar-refractivity contribution in [3.8, 4) is 0 Å². The summed E-state index contributed by atoms with van der Waals surface area (Å²) in [5.74, 6) is 0.784. The van der Waals surface area contributed by atoms with Crippen molar-refractivity contribution in [2.45, 2.75) is 33.6 Å². The zero-order valence-electron chi connectivity index (χ0n) is 11.4. The molecule has 0 bridgehead atoms. The second kappa shape index (κ2) is 12.0. The molecule has 0 atom stereocenters. The van der Waals surface area contributed by atoms with Gasteiger partial charge in [-0.05, 0) is 25.7 Å². The Labute approximate surface area is 105 Å². The van der Waals surface area contributed by atoms with Crippen molar-refractivity contribution in [2.24, 2.45) is 5.92 Å². The van der Waals surface area contributed by atoms with Crippen LogP contribution < -0.4 is 0 Å². The van der Waals surface area contributed by atoms with Gasteiger partial charge < -0.3 is 14.2 Å². The van der Waals surface area contributed by atoms with E-state index in [1.165, 1.54) is 13.3 Å². The zero-order valence-corrected chi connectivity index (χ0v) is 11.4. The van der Waals surface area contributed by atoms with Gasteiger partial charge in [-0.25, -0.2) is 0 Å². The number of carbonyl (C=O) groups excluding carboxylic acids is 1.